The number of carbonyl (C=O) groups excluding carboxylic acids is 4. The summed E-state index contributed by atoms with van der Waals surface area (Å²) >= 11 is 11.9. The monoisotopic (exact) mass is 424 g/mol. The number of carbonyl (C=O) groups is 4. The van der Waals surface area contributed by atoms with E-state index in [1.807, 2.05) is 0 Å². The topological polar surface area (TPSA) is 92.8 Å². The maximum atomic E-state index is 12.6. The van der Waals surface area contributed by atoms with Crippen molar-refractivity contribution in [2.45, 2.75) is 19.3 Å². The summed E-state index contributed by atoms with van der Waals surface area (Å²) < 4.78 is 4.92. The minimum atomic E-state index is -0.804. The number of likely N-dealkylation sites (tertiary alicyclic amines) is 1. The van der Waals surface area contributed by atoms with Crippen LogP contribution in [-0.4, -0.2) is 41.7 Å². The van der Waals surface area contributed by atoms with Crippen LogP contribution in [0.5, 0.6) is 0 Å². The van der Waals surface area contributed by atoms with Gasteiger partial charge < -0.3 is 10.1 Å². The summed E-state index contributed by atoms with van der Waals surface area (Å²) in [6, 6.07) is 4.75. The van der Waals surface area contributed by atoms with Crippen molar-refractivity contribution in [1.29, 1.82) is 0 Å². The third-order valence-electron chi connectivity index (χ3n) is 5.90. The fourth-order valence-electron chi connectivity index (χ4n) is 4.73. The Hall–Kier alpha value is -2.12. The Labute approximate surface area is 171 Å². The highest BCUT2D eigenvalue weighted by Gasteiger charge is 2.61. The highest BCUT2D eigenvalue weighted by molar-refractivity contribution is 6.44. The van der Waals surface area contributed by atoms with E-state index in [0.29, 0.717) is 5.69 Å². The molecule has 28 heavy (non-hydrogen) atoms. The molecule has 0 aromatic heterocycles. The molecule has 3 amide bonds. The maximum Gasteiger partial charge on any atom is 0.326 e. The molecular weight excluding hydrogens is 407 g/mol. The van der Waals surface area contributed by atoms with Crippen molar-refractivity contribution >= 4 is 52.6 Å². The first-order valence-electron chi connectivity index (χ1n) is 9.11. The van der Waals surface area contributed by atoms with Crippen molar-refractivity contribution in [3.63, 3.8) is 0 Å². The van der Waals surface area contributed by atoms with Crippen molar-refractivity contribution in [1.82, 2.24) is 4.90 Å². The Morgan fingerprint density at radius 3 is 2.39 bits per heavy atom. The highest BCUT2D eigenvalue weighted by atomic mass is 35.5. The number of anilines is 1. The highest BCUT2D eigenvalue weighted by Crippen LogP contribution is 2.56. The van der Waals surface area contributed by atoms with Crippen LogP contribution in [0.1, 0.15) is 19.3 Å². The van der Waals surface area contributed by atoms with Gasteiger partial charge in [-0.05, 0) is 43.2 Å². The number of nitrogens with one attached hydrogen (secondary N) is 1. The largest absolute Gasteiger partial charge is 0.454 e. The van der Waals surface area contributed by atoms with Crippen LogP contribution in [0, 0.1) is 23.7 Å². The molecule has 2 saturated carbocycles. The van der Waals surface area contributed by atoms with Gasteiger partial charge in [-0.3, -0.25) is 24.1 Å². The summed E-state index contributed by atoms with van der Waals surface area (Å²) in [4.78, 5) is 50.2. The molecule has 3 aliphatic rings. The zero-order valence-electron chi connectivity index (χ0n) is 14.8. The van der Waals surface area contributed by atoms with Gasteiger partial charge in [-0.25, -0.2) is 0 Å². The number of fused-ring (bicyclic) bond motifs is 5. The third kappa shape index (κ3) is 3.26. The van der Waals surface area contributed by atoms with Crippen LogP contribution in [0.15, 0.2) is 18.2 Å². The van der Waals surface area contributed by atoms with Crippen molar-refractivity contribution < 1.29 is 23.9 Å². The zero-order chi connectivity index (χ0) is 20.0. The van der Waals surface area contributed by atoms with E-state index in [-0.39, 0.29) is 45.5 Å². The van der Waals surface area contributed by atoms with E-state index in [1.165, 1.54) is 0 Å². The number of benzene rings is 1. The van der Waals surface area contributed by atoms with Gasteiger partial charge in [-0.1, -0.05) is 29.3 Å². The first-order valence-corrected chi connectivity index (χ1v) is 9.87. The van der Waals surface area contributed by atoms with Crippen LogP contribution >= 0.6 is 23.2 Å². The van der Waals surface area contributed by atoms with Gasteiger partial charge in [0, 0.05) is 0 Å². The molecule has 0 spiro atoms. The van der Waals surface area contributed by atoms with E-state index in [1.54, 1.807) is 18.2 Å². The van der Waals surface area contributed by atoms with E-state index < -0.39 is 25.0 Å². The second kappa shape index (κ2) is 7.37. The summed E-state index contributed by atoms with van der Waals surface area (Å²) in [5, 5.41) is 2.95. The average molecular weight is 425 g/mol. The van der Waals surface area contributed by atoms with Crippen LogP contribution in [0.3, 0.4) is 0 Å². The SMILES string of the molecule is O=C(COC(=O)CN1C(=O)[C@@H]2[C@H]3CC[C@@H](C3)[C@H]2C1=O)Nc1cccc(Cl)c1Cl. The van der Waals surface area contributed by atoms with E-state index in [0.717, 1.165) is 24.2 Å². The maximum absolute atomic E-state index is 12.6. The fourth-order valence-corrected chi connectivity index (χ4v) is 5.08. The number of ether oxygens (including phenoxy) is 1. The molecule has 4 rings (SSSR count). The van der Waals surface area contributed by atoms with Gasteiger partial charge in [-0.2, -0.15) is 0 Å². The molecular formula is C19H18Cl2N2O5. The summed E-state index contributed by atoms with van der Waals surface area (Å²) in [6.45, 7) is -1.02. The van der Waals surface area contributed by atoms with E-state index in [4.69, 9.17) is 27.9 Å². The average Bonchev–Trinajstić information content (AvgIpc) is 3.34. The molecule has 4 atom stereocenters. The van der Waals surface area contributed by atoms with Crippen LogP contribution in [0.2, 0.25) is 10.0 Å². The Bertz CT molecular complexity index is 846. The minimum Gasteiger partial charge on any atom is -0.454 e. The van der Waals surface area contributed by atoms with Crippen molar-refractivity contribution in [2.24, 2.45) is 23.7 Å². The molecule has 7 nitrogen and oxygen atoms in total. The summed E-state index contributed by atoms with van der Waals surface area (Å²) in [5.74, 6) is -2.04. The van der Waals surface area contributed by atoms with Crippen molar-refractivity contribution in [3.05, 3.63) is 28.2 Å². The number of imide groups is 1. The van der Waals surface area contributed by atoms with Gasteiger partial charge >= 0.3 is 5.97 Å². The normalized spacial score (nSPS) is 27.9. The lowest BCUT2D eigenvalue weighted by molar-refractivity contribution is -0.154. The molecule has 2 bridgehead atoms. The molecule has 2 aliphatic carbocycles. The molecule has 1 heterocycles. The molecule has 1 aromatic carbocycles. The number of hydrogen-bond donors (Lipinski definition) is 1. The number of hydrogen-bond acceptors (Lipinski definition) is 5. The van der Waals surface area contributed by atoms with Crippen LogP contribution in [-0.2, 0) is 23.9 Å². The smallest absolute Gasteiger partial charge is 0.326 e. The Morgan fingerprint density at radius 2 is 1.75 bits per heavy atom. The van der Waals surface area contributed by atoms with Crippen LogP contribution in [0.25, 0.3) is 0 Å². The Balaban J connectivity index is 1.30. The zero-order valence-corrected chi connectivity index (χ0v) is 16.3. The van der Waals surface area contributed by atoms with Gasteiger partial charge in [0.05, 0.1) is 27.6 Å². The molecule has 1 aromatic rings. The summed E-state index contributed by atoms with van der Waals surface area (Å²) in [6.07, 6.45) is 2.86. The van der Waals surface area contributed by atoms with Crippen molar-refractivity contribution in [2.75, 3.05) is 18.5 Å². The molecule has 0 unspecified atom stereocenters. The Morgan fingerprint density at radius 1 is 1.11 bits per heavy atom. The quantitative estimate of drug-likeness (QED) is 0.578. The first kappa shape index (κ1) is 19.2. The van der Waals surface area contributed by atoms with Crippen LogP contribution in [0.4, 0.5) is 5.69 Å². The van der Waals surface area contributed by atoms with E-state index >= 15 is 0 Å². The van der Waals surface area contributed by atoms with Gasteiger partial charge in [0.1, 0.15) is 6.54 Å². The summed E-state index contributed by atoms with van der Waals surface area (Å²) in [5.41, 5.74) is 0.295. The molecule has 1 N–H and O–H groups in total. The van der Waals surface area contributed by atoms with Gasteiger partial charge in [0.25, 0.3) is 5.91 Å². The lowest BCUT2D eigenvalue weighted by atomic mass is 9.81. The van der Waals surface area contributed by atoms with E-state index in [9.17, 15) is 19.2 Å². The van der Waals surface area contributed by atoms with E-state index in [2.05, 4.69) is 5.32 Å². The fraction of sp³-hybridized carbons (Fsp3) is 0.474. The Kier molecular flexibility index (Phi) is 5.05. The lowest BCUT2D eigenvalue weighted by Gasteiger charge is -2.19. The lowest BCUT2D eigenvalue weighted by Crippen LogP contribution is -2.38. The third-order valence-corrected chi connectivity index (χ3v) is 6.71. The summed E-state index contributed by atoms with van der Waals surface area (Å²) in [7, 11) is 0. The molecule has 3 fully saturated rings. The number of nitrogens with zero attached hydrogens (tertiary/aromatic N) is 1. The molecule has 1 aliphatic heterocycles. The van der Waals surface area contributed by atoms with Gasteiger partial charge in [0.2, 0.25) is 11.8 Å². The number of esters is 1. The molecule has 0 radical (unpaired) electrons. The minimum absolute atomic E-state index is 0.179. The first-order chi connectivity index (χ1) is 13.4. The molecule has 1 saturated heterocycles. The number of halogens is 2. The molecule has 148 valence electrons. The van der Waals surface area contributed by atoms with Gasteiger partial charge in [-0.15, -0.1) is 0 Å². The number of amides is 3. The molecule has 9 heteroatoms. The number of rotatable bonds is 5. The van der Waals surface area contributed by atoms with Gasteiger partial charge in [0.15, 0.2) is 6.61 Å². The van der Waals surface area contributed by atoms with Crippen LogP contribution < -0.4 is 5.32 Å². The second-order valence-corrected chi connectivity index (χ2v) is 8.24. The predicted octanol–water partition coefficient (Wildman–Crippen LogP) is 2.51. The van der Waals surface area contributed by atoms with Crippen molar-refractivity contribution in [3.8, 4) is 0 Å². The second-order valence-electron chi connectivity index (χ2n) is 7.46. The predicted molar refractivity (Wildman–Crippen MR) is 101 cm³/mol. The standard InChI is InChI=1S/C19H18Cl2N2O5/c20-11-2-1-3-12(17(11)21)22-13(24)8-28-14(25)7-23-18(26)15-9-4-5-10(6-9)16(15)19(23)27/h1-3,9-10,15-16H,4-8H2,(H,22,24)/t9-,10-,15+,16+/m0/s1.